The molecule has 2 N–H and O–H groups in total. The van der Waals surface area contributed by atoms with E-state index in [4.69, 9.17) is 21.0 Å². The standard InChI is InChI=1S/C25H24ClNO3S/c1-29-30-31-22-11-9-18(10-12-22)17-5-7-19(8-6-17)23-15-20-14-21(4-2-3-13-28)27-25(20)16-24(23)26/h5-12,14-16,27-28H,2-4,13H2,1H3. The second kappa shape index (κ2) is 10.4. The van der Waals surface area contributed by atoms with Crippen molar-refractivity contribution in [2.45, 2.75) is 24.2 Å². The van der Waals surface area contributed by atoms with Crippen LogP contribution < -0.4 is 0 Å². The molecule has 160 valence electrons. The van der Waals surface area contributed by atoms with E-state index in [1.807, 2.05) is 18.2 Å². The number of rotatable bonds is 9. The Bertz CT molecular complexity index is 1140. The zero-order chi connectivity index (χ0) is 21.6. The molecule has 0 aliphatic carbocycles. The quantitative estimate of drug-likeness (QED) is 0.123. The lowest BCUT2D eigenvalue weighted by atomic mass is 9.99. The first-order valence-electron chi connectivity index (χ1n) is 10.2. The number of aliphatic hydroxyl groups is 1. The average molecular weight is 454 g/mol. The van der Waals surface area contributed by atoms with E-state index in [0.29, 0.717) is 0 Å². The van der Waals surface area contributed by atoms with Crippen molar-refractivity contribution in [2.75, 3.05) is 13.7 Å². The summed E-state index contributed by atoms with van der Waals surface area (Å²) < 4.78 is 4.89. The Morgan fingerprint density at radius 2 is 1.58 bits per heavy atom. The van der Waals surface area contributed by atoms with Crippen LogP contribution in [0.1, 0.15) is 18.5 Å². The van der Waals surface area contributed by atoms with Crippen molar-refractivity contribution < 1.29 is 14.3 Å². The molecule has 0 aliphatic rings. The summed E-state index contributed by atoms with van der Waals surface area (Å²) in [6.45, 7) is 0.234. The van der Waals surface area contributed by atoms with Gasteiger partial charge in [-0.25, -0.2) is 4.89 Å². The maximum Gasteiger partial charge on any atom is 0.0725 e. The molecule has 4 rings (SSSR count). The molecule has 0 amide bonds. The van der Waals surface area contributed by atoms with Crippen LogP contribution in [-0.4, -0.2) is 23.8 Å². The molecule has 0 saturated heterocycles. The van der Waals surface area contributed by atoms with Gasteiger partial charge < -0.3 is 10.1 Å². The molecule has 1 aromatic heterocycles. The van der Waals surface area contributed by atoms with Gasteiger partial charge in [-0.05, 0) is 66.3 Å². The van der Waals surface area contributed by atoms with Gasteiger partial charge in [-0.1, -0.05) is 48.0 Å². The maximum atomic E-state index is 8.98. The first-order chi connectivity index (χ1) is 15.2. The van der Waals surface area contributed by atoms with Crippen LogP contribution in [0.2, 0.25) is 5.02 Å². The number of aromatic amines is 1. The van der Waals surface area contributed by atoms with Crippen LogP contribution in [0.15, 0.2) is 71.6 Å². The number of benzene rings is 3. The van der Waals surface area contributed by atoms with E-state index >= 15 is 0 Å². The molecule has 0 saturated carbocycles. The lowest BCUT2D eigenvalue weighted by molar-refractivity contribution is -0.160. The van der Waals surface area contributed by atoms with Crippen molar-refractivity contribution in [2.24, 2.45) is 0 Å². The molecule has 0 bridgehead atoms. The summed E-state index contributed by atoms with van der Waals surface area (Å²) in [5, 5.41) is 10.9. The summed E-state index contributed by atoms with van der Waals surface area (Å²) in [7, 11) is 1.49. The fourth-order valence-electron chi connectivity index (χ4n) is 3.62. The van der Waals surface area contributed by atoms with Crippen LogP contribution in [0, 0.1) is 0 Å². The molecule has 3 aromatic carbocycles. The molecule has 0 spiro atoms. The van der Waals surface area contributed by atoms with Gasteiger partial charge in [0.2, 0.25) is 0 Å². The Kier molecular flexibility index (Phi) is 7.33. The Hall–Kier alpha value is -2.28. The predicted octanol–water partition coefficient (Wildman–Crippen LogP) is 7.06. The SMILES string of the molecule is COOSc1ccc(-c2ccc(-c3cc4cc(CCCCO)[nH]c4cc3Cl)cc2)cc1. The number of halogens is 1. The summed E-state index contributed by atoms with van der Waals surface area (Å²) in [4.78, 5) is 9.03. The number of aryl methyl sites for hydroxylation is 1. The number of aliphatic hydroxyl groups excluding tert-OH is 1. The van der Waals surface area contributed by atoms with Crippen molar-refractivity contribution in [1.29, 1.82) is 0 Å². The summed E-state index contributed by atoms with van der Waals surface area (Å²) in [5.41, 5.74) is 6.58. The number of hydrogen-bond acceptors (Lipinski definition) is 4. The molecular weight excluding hydrogens is 430 g/mol. The molecule has 0 fully saturated rings. The Labute approximate surface area is 191 Å². The van der Waals surface area contributed by atoms with Gasteiger partial charge in [0.1, 0.15) is 0 Å². The third-order valence-corrected chi connectivity index (χ3v) is 6.18. The molecule has 4 aromatic rings. The Balaban J connectivity index is 1.54. The number of hydrogen-bond donors (Lipinski definition) is 2. The zero-order valence-corrected chi connectivity index (χ0v) is 18.8. The highest BCUT2D eigenvalue weighted by atomic mass is 35.5. The van der Waals surface area contributed by atoms with Gasteiger partial charge in [0, 0.05) is 33.7 Å². The van der Waals surface area contributed by atoms with Crippen molar-refractivity contribution in [1.82, 2.24) is 4.98 Å². The fraction of sp³-hybridized carbons (Fsp3) is 0.200. The zero-order valence-electron chi connectivity index (χ0n) is 17.2. The van der Waals surface area contributed by atoms with E-state index in [1.54, 1.807) is 0 Å². The van der Waals surface area contributed by atoms with Crippen molar-refractivity contribution in [3.63, 3.8) is 0 Å². The third kappa shape index (κ3) is 5.32. The van der Waals surface area contributed by atoms with Gasteiger partial charge in [-0.2, -0.15) is 4.33 Å². The number of aromatic nitrogens is 1. The van der Waals surface area contributed by atoms with Crippen LogP contribution in [0.25, 0.3) is 33.2 Å². The molecule has 4 nitrogen and oxygen atoms in total. The van der Waals surface area contributed by atoms with Crippen molar-refractivity contribution >= 4 is 34.5 Å². The van der Waals surface area contributed by atoms with E-state index in [1.165, 1.54) is 24.8 Å². The van der Waals surface area contributed by atoms with Crippen LogP contribution in [-0.2, 0) is 15.6 Å². The number of fused-ring (bicyclic) bond motifs is 1. The summed E-state index contributed by atoms with van der Waals surface area (Å²) in [6, 6.07) is 22.9. The first-order valence-corrected chi connectivity index (χ1v) is 11.3. The van der Waals surface area contributed by atoms with E-state index in [0.717, 1.165) is 62.3 Å². The van der Waals surface area contributed by atoms with Gasteiger partial charge in [0.15, 0.2) is 0 Å². The van der Waals surface area contributed by atoms with Gasteiger partial charge in [0.25, 0.3) is 0 Å². The van der Waals surface area contributed by atoms with E-state index in [2.05, 4.69) is 58.4 Å². The second-order valence-corrected chi connectivity index (χ2v) is 8.50. The highest BCUT2D eigenvalue weighted by Gasteiger charge is 2.09. The second-order valence-electron chi connectivity index (χ2n) is 7.31. The van der Waals surface area contributed by atoms with Crippen LogP contribution in [0.4, 0.5) is 0 Å². The van der Waals surface area contributed by atoms with Crippen LogP contribution in [0.3, 0.4) is 0 Å². The van der Waals surface area contributed by atoms with Gasteiger partial charge in [-0.3, -0.25) is 0 Å². The Morgan fingerprint density at radius 3 is 2.26 bits per heavy atom. The predicted molar refractivity (Wildman–Crippen MR) is 128 cm³/mol. The van der Waals surface area contributed by atoms with Crippen LogP contribution in [0.5, 0.6) is 0 Å². The minimum atomic E-state index is 0.234. The largest absolute Gasteiger partial charge is 0.396 e. The minimum Gasteiger partial charge on any atom is -0.396 e. The Morgan fingerprint density at radius 1 is 0.903 bits per heavy atom. The summed E-state index contributed by atoms with van der Waals surface area (Å²) >= 11 is 7.80. The highest BCUT2D eigenvalue weighted by Crippen LogP contribution is 2.34. The monoisotopic (exact) mass is 453 g/mol. The minimum absolute atomic E-state index is 0.234. The topological polar surface area (TPSA) is 54.5 Å². The number of unbranched alkanes of at least 4 members (excludes halogenated alkanes) is 1. The number of H-pyrrole nitrogens is 1. The third-order valence-electron chi connectivity index (χ3n) is 5.20. The van der Waals surface area contributed by atoms with E-state index in [9.17, 15) is 0 Å². The summed E-state index contributed by atoms with van der Waals surface area (Å²) in [5.74, 6) is 0. The molecular formula is C25H24ClNO3S. The van der Waals surface area contributed by atoms with E-state index in [-0.39, 0.29) is 6.61 Å². The van der Waals surface area contributed by atoms with Gasteiger partial charge >= 0.3 is 0 Å². The van der Waals surface area contributed by atoms with Gasteiger partial charge in [-0.15, -0.1) is 0 Å². The van der Waals surface area contributed by atoms with E-state index < -0.39 is 0 Å². The summed E-state index contributed by atoms with van der Waals surface area (Å²) in [6.07, 6.45) is 2.70. The van der Waals surface area contributed by atoms with Crippen molar-refractivity contribution in [3.05, 3.63) is 77.4 Å². The molecule has 0 aliphatic heterocycles. The molecule has 0 radical (unpaired) electrons. The van der Waals surface area contributed by atoms with Crippen LogP contribution >= 0.6 is 23.6 Å². The molecule has 31 heavy (non-hydrogen) atoms. The lowest BCUT2D eigenvalue weighted by Crippen LogP contribution is -1.88. The van der Waals surface area contributed by atoms with Crippen molar-refractivity contribution in [3.8, 4) is 22.3 Å². The lowest BCUT2D eigenvalue weighted by Gasteiger charge is -2.08. The molecule has 0 unspecified atom stereocenters. The smallest absolute Gasteiger partial charge is 0.0725 e. The molecule has 0 atom stereocenters. The molecule has 6 heteroatoms. The van der Waals surface area contributed by atoms with Gasteiger partial charge in [0.05, 0.1) is 24.2 Å². The molecule has 1 heterocycles. The maximum absolute atomic E-state index is 8.98. The highest BCUT2D eigenvalue weighted by molar-refractivity contribution is 7.94. The number of nitrogens with one attached hydrogen (secondary N) is 1. The fourth-order valence-corrected chi connectivity index (χ4v) is 4.28. The first kappa shape index (κ1) is 21.9. The average Bonchev–Trinajstić information content (AvgIpc) is 3.19. The normalized spacial score (nSPS) is 11.3.